The molecule has 4 aliphatic rings. The van der Waals surface area contributed by atoms with E-state index in [0.29, 0.717) is 47.5 Å². The number of hydrogen-bond donors (Lipinski definition) is 1. The van der Waals surface area contributed by atoms with Gasteiger partial charge in [-0.2, -0.15) is 0 Å². The number of fused-ring (bicyclic) bond motifs is 5. The second-order valence-electron chi connectivity index (χ2n) is 21.4. The zero-order valence-corrected chi connectivity index (χ0v) is 41.6. The van der Waals surface area contributed by atoms with Crippen LogP contribution in [-0.4, -0.2) is 117 Å². The molecule has 2 heterocycles. The lowest BCUT2D eigenvalue weighted by molar-refractivity contribution is -0.140. The second-order valence-corrected chi connectivity index (χ2v) is 26.1. The molecule has 0 radical (unpaired) electrons. The first-order valence-corrected chi connectivity index (χ1v) is 26.0. The molecule has 1 saturated heterocycles. The van der Waals surface area contributed by atoms with Crippen LogP contribution in [0.1, 0.15) is 98.8 Å². The smallest absolute Gasteiger partial charge is 0.507 e. The Bertz CT molecular complexity index is 2570. The van der Waals surface area contributed by atoms with Gasteiger partial charge < -0.3 is 37.9 Å². The van der Waals surface area contributed by atoms with Crippen molar-refractivity contribution < 1.29 is 47.4 Å². The molecule has 1 N–H and O–H groups in total. The van der Waals surface area contributed by atoms with Crippen molar-refractivity contribution in [2.45, 2.75) is 109 Å². The van der Waals surface area contributed by atoms with Crippen LogP contribution in [0.4, 0.5) is 4.79 Å². The molecule has 1 saturated carbocycles. The minimum absolute atomic E-state index is 0.0301. The second kappa shape index (κ2) is 17.5. The predicted molar refractivity (Wildman–Crippen MR) is 254 cm³/mol. The zero-order valence-electron chi connectivity index (χ0n) is 40.6. The van der Waals surface area contributed by atoms with Gasteiger partial charge in [-0.15, -0.1) is 0 Å². The first-order chi connectivity index (χ1) is 31.0. The Morgan fingerprint density at radius 3 is 2.26 bits per heavy atom. The average molecular weight is 923 g/mol. The van der Waals surface area contributed by atoms with Gasteiger partial charge in [-0.1, -0.05) is 63.2 Å². The summed E-state index contributed by atoms with van der Waals surface area (Å²) in [6.45, 7) is 19.1. The van der Waals surface area contributed by atoms with Crippen molar-refractivity contribution >= 4 is 42.6 Å². The molecule has 8 rings (SSSR count). The highest BCUT2D eigenvalue weighted by molar-refractivity contribution is 6.74. The maximum absolute atomic E-state index is 16.2. The number of likely N-dealkylation sites (N-methyl/N-ethyl adjacent to an activating group) is 1. The molecule has 4 aromatic rings. The zero-order chi connectivity index (χ0) is 47.7. The number of rotatable bonds is 13. The van der Waals surface area contributed by atoms with Crippen molar-refractivity contribution in [3.05, 3.63) is 87.7 Å². The van der Waals surface area contributed by atoms with Gasteiger partial charge >= 0.3 is 6.16 Å². The van der Waals surface area contributed by atoms with E-state index in [1.165, 1.54) is 0 Å². The summed E-state index contributed by atoms with van der Waals surface area (Å²) in [5.74, 6) is -2.16. The molecular weight excluding hydrogens is 857 g/mol. The van der Waals surface area contributed by atoms with Crippen molar-refractivity contribution in [1.82, 2.24) is 19.9 Å². The molecule has 15 heteroatoms. The lowest BCUT2D eigenvalue weighted by Gasteiger charge is -2.55. The Labute approximate surface area is 389 Å². The maximum Gasteiger partial charge on any atom is 0.514 e. The molecule has 3 aliphatic carbocycles. The van der Waals surface area contributed by atoms with Crippen molar-refractivity contribution in [2.75, 3.05) is 54.4 Å². The van der Waals surface area contributed by atoms with Crippen molar-refractivity contribution in [1.29, 1.82) is 0 Å². The van der Waals surface area contributed by atoms with Gasteiger partial charge in [0.25, 0.3) is 5.88 Å². The fraction of sp³-hybridized carbons (Fsp3) is 0.529. The van der Waals surface area contributed by atoms with Crippen LogP contribution in [0, 0.1) is 11.8 Å². The van der Waals surface area contributed by atoms with E-state index in [4.69, 9.17) is 27.9 Å². The number of aliphatic hydroxyl groups is 1. The normalized spacial score (nSPS) is 22.2. The largest absolute Gasteiger partial charge is 0.514 e. The summed E-state index contributed by atoms with van der Waals surface area (Å²) in [4.78, 5) is 52.2. The van der Waals surface area contributed by atoms with E-state index in [1.54, 1.807) is 20.8 Å². The van der Waals surface area contributed by atoms with E-state index >= 15 is 9.59 Å². The Hall–Kier alpha value is -5.06. The quantitative estimate of drug-likeness (QED) is 0.0587. The van der Waals surface area contributed by atoms with Crippen LogP contribution >= 0.6 is 0 Å². The number of nitrogens with zero attached hydrogens (tertiary/aromatic N) is 4. The third-order valence-corrected chi connectivity index (χ3v) is 18.4. The molecule has 2 fully saturated rings. The first kappa shape index (κ1) is 47.4. The summed E-state index contributed by atoms with van der Waals surface area (Å²) >= 11 is 0. The standard InChI is InChI=1S/C51H66N4O10Si/c1-49(2,3)63-48(59)62-43-34-25-31(28-55-21-16-22-55)19-20-33(34)42(60-24-23-53(7)8)35-26-32-27-36-40(54(9)10)44-39(47(52-64-44)61-29-30-17-14-13-15-18-30)46(58)51(36,65-66(11,12)50(4,5)6)45(57)37(32)41(56)38(35)43/h13-15,17-20,25,32,36,40,56H,16,21-24,26-29H2,1-12H3/t32-,36-,40-,51-/m0/s1. The van der Waals surface area contributed by atoms with Crippen LogP contribution in [0.2, 0.25) is 18.1 Å². The molecule has 4 atom stereocenters. The topological polar surface area (TPSA) is 153 Å². The van der Waals surface area contributed by atoms with Gasteiger partial charge in [0.15, 0.2) is 25.4 Å². The van der Waals surface area contributed by atoms with Crippen molar-refractivity contribution in [3.63, 3.8) is 0 Å². The average Bonchev–Trinajstić information content (AvgIpc) is 3.62. The van der Waals surface area contributed by atoms with Crippen LogP contribution in [0.3, 0.4) is 0 Å². The Morgan fingerprint density at radius 1 is 0.924 bits per heavy atom. The number of carbonyl (C=O) groups is 3. The highest BCUT2D eigenvalue weighted by Crippen LogP contribution is 2.60. The number of aromatic nitrogens is 1. The molecule has 0 unspecified atom stereocenters. The molecule has 0 amide bonds. The van der Waals surface area contributed by atoms with Crippen LogP contribution in [0.15, 0.2) is 58.6 Å². The fourth-order valence-electron chi connectivity index (χ4n) is 9.67. The number of hydrogen-bond acceptors (Lipinski definition) is 14. The highest BCUT2D eigenvalue weighted by Gasteiger charge is 2.69. The molecule has 0 bridgehead atoms. The van der Waals surface area contributed by atoms with Gasteiger partial charge in [-0.3, -0.25) is 19.4 Å². The van der Waals surface area contributed by atoms with Crippen LogP contribution in [0.5, 0.6) is 17.4 Å². The minimum atomic E-state index is -3.01. The lowest BCUT2D eigenvalue weighted by Crippen LogP contribution is -2.68. The third-order valence-electron chi connectivity index (χ3n) is 14.0. The van der Waals surface area contributed by atoms with E-state index in [2.05, 4.69) is 36.9 Å². The molecule has 354 valence electrons. The summed E-state index contributed by atoms with van der Waals surface area (Å²) in [6.07, 6.45) is 0.630. The third kappa shape index (κ3) is 8.57. The van der Waals surface area contributed by atoms with Crippen LogP contribution in [0.25, 0.3) is 16.5 Å². The number of benzene rings is 3. The van der Waals surface area contributed by atoms with Crippen molar-refractivity contribution in [2.24, 2.45) is 11.8 Å². The van der Waals surface area contributed by atoms with Crippen molar-refractivity contribution in [3.8, 4) is 17.4 Å². The minimum Gasteiger partial charge on any atom is -0.507 e. The molecule has 1 aliphatic heterocycles. The van der Waals surface area contributed by atoms with Crippen LogP contribution < -0.4 is 14.2 Å². The van der Waals surface area contributed by atoms with Gasteiger partial charge in [0.05, 0.1) is 11.6 Å². The Balaban J connectivity index is 1.37. The number of carbonyl (C=O) groups excluding carboxylic acids is 3. The van der Waals surface area contributed by atoms with Gasteiger partial charge in [-0.25, -0.2) is 4.79 Å². The Kier molecular flexibility index (Phi) is 12.6. The summed E-state index contributed by atoms with van der Waals surface area (Å²) in [5, 5.41) is 18.2. The number of aliphatic hydroxyl groups excluding tert-OH is 1. The van der Waals surface area contributed by atoms with E-state index < -0.39 is 60.2 Å². The number of likely N-dealkylation sites (tertiary alicyclic amines) is 1. The maximum atomic E-state index is 16.2. The molecule has 1 aromatic heterocycles. The predicted octanol–water partition coefficient (Wildman–Crippen LogP) is 9.16. The molecule has 3 aromatic carbocycles. The summed E-state index contributed by atoms with van der Waals surface area (Å²) in [6, 6.07) is 14.9. The summed E-state index contributed by atoms with van der Waals surface area (Å²) in [5.41, 5.74) is -0.342. The lowest BCUT2D eigenvalue weighted by atomic mass is 9.57. The summed E-state index contributed by atoms with van der Waals surface area (Å²) in [7, 11) is 4.69. The molecule has 14 nitrogen and oxygen atoms in total. The number of ketones is 2. The molecule has 66 heavy (non-hydrogen) atoms. The van der Waals surface area contributed by atoms with E-state index in [1.807, 2.05) is 93.5 Å². The van der Waals surface area contributed by atoms with Gasteiger partial charge in [0, 0.05) is 40.9 Å². The molecular formula is C51H66N4O10Si. The summed E-state index contributed by atoms with van der Waals surface area (Å²) < 4.78 is 38.4. The highest BCUT2D eigenvalue weighted by atomic mass is 28.4. The van der Waals surface area contributed by atoms with Crippen LogP contribution in [-0.2, 0) is 33.5 Å². The monoisotopic (exact) mass is 922 g/mol. The number of Topliss-reactive ketones (excluding diaryl/α,β-unsaturated/α-hetero) is 2. The number of ether oxygens (including phenoxy) is 4. The van der Waals surface area contributed by atoms with E-state index in [9.17, 15) is 9.90 Å². The molecule has 0 spiro atoms. The first-order valence-electron chi connectivity index (χ1n) is 23.1. The van der Waals surface area contributed by atoms with Gasteiger partial charge in [0.2, 0.25) is 11.6 Å². The SMILES string of the molecule is CN(C)CCOc1c2c(c(OC(=O)OC(C)(C)C)c3cc(CN4CCC4)ccc13)C(O)=C1C(=O)[C@]3(O[Si](C)(C)C(C)(C)C)C(=O)c4c(OCc5ccccc5)noc4[C@@H](N(C)C)[C@@H]3C[C@@H]1C2. The van der Waals surface area contributed by atoms with E-state index in [0.717, 1.165) is 30.6 Å². The fourth-order valence-corrected chi connectivity index (χ4v) is 11.1. The Morgan fingerprint density at radius 2 is 1.64 bits per heavy atom. The van der Waals surface area contributed by atoms with E-state index in [-0.39, 0.29) is 53.5 Å². The van der Waals surface area contributed by atoms with Gasteiger partial charge in [0.1, 0.15) is 35.9 Å². The van der Waals surface area contributed by atoms with Gasteiger partial charge in [-0.05, 0) is 128 Å².